The molecular formula is C14H19NO3S. The van der Waals surface area contributed by atoms with Gasteiger partial charge in [-0.1, -0.05) is 26.8 Å². The highest BCUT2D eigenvalue weighted by Crippen LogP contribution is 2.23. The summed E-state index contributed by atoms with van der Waals surface area (Å²) in [6.45, 7) is 6.18. The molecule has 0 saturated carbocycles. The van der Waals surface area contributed by atoms with Crippen molar-refractivity contribution in [3.05, 3.63) is 29.8 Å². The van der Waals surface area contributed by atoms with Crippen LogP contribution < -0.4 is 5.32 Å². The van der Waals surface area contributed by atoms with E-state index < -0.39 is 5.97 Å². The standard InChI is InChI=1S/C14H19NO3S/c1-14(2,3)19-9-12(16)15-11-7-5-6-10(8-11)13(17)18-4/h5-8H,9H2,1-4H3,(H,15,16). The van der Waals surface area contributed by atoms with Gasteiger partial charge in [-0.15, -0.1) is 11.8 Å². The maximum atomic E-state index is 11.8. The van der Waals surface area contributed by atoms with Gasteiger partial charge in [-0.3, -0.25) is 4.79 Å². The fourth-order valence-electron chi connectivity index (χ4n) is 1.32. The lowest BCUT2D eigenvalue weighted by Gasteiger charge is -2.17. The minimum atomic E-state index is -0.417. The predicted octanol–water partition coefficient (Wildman–Crippen LogP) is 2.94. The van der Waals surface area contributed by atoms with E-state index in [4.69, 9.17) is 0 Å². The van der Waals surface area contributed by atoms with Crippen molar-refractivity contribution < 1.29 is 14.3 Å². The zero-order valence-electron chi connectivity index (χ0n) is 11.6. The smallest absolute Gasteiger partial charge is 0.337 e. The Hall–Kier alpha value is -1.49. The molecule has 1 aromatic rings. The maximum absolute atomic E-state index is 11.8. The number of hydrogen-bond acceptors (Lipinski definition) is 4. The Kier molecular flexibility index (Phi) is 5.42. The van der Waals surface area contributed by atoms with E-state index in [-0.39, 0.29) is 10.7 Å². The topological polar surface area (TPSA) is 55.4 Å². The summed E-state index contributed by atoms with van der Waals surface area (Å²) in [7, 11) is 1.33. The van der Waals surface area contributed by atoms with E-state index in [9.17, 15) is 9.59 Å². The third-order valence-electron chi connectivity index (χ3n) is 2.20. The number of benzene rings is 1. The van der Waals surface area contributed by atoms with E-state index in [1.807, 2.05) is 0 Å². The first-order chi connectivity index (χ1) is 8.81. The average molecular weight is 281 g/mol. The molecular weight excluding hydrogens is 262 g/mol. The highest BCUT2D eigenvalue weighted by molar-refractivity contribution is 8.01. The number of ether oxygens (including phenoxy) is 1. The molecule has 19 heavy (non-hydrogen) atoms. The van der Waals surface area contributed by atoms with Gasteiger partial charge in [-0.25, -0.2) is 4.79 Å². The van der Waals surface area contributed by atoms with E-state index in [0.29, 0.717) is 17.0 Å². The van der Waals surface area contributed by atoms with Crippen molar-refractivity contribution >= 4 is 29.3 Å². The van der Waals surface area contributed by atoms with Crippen molar-refractivity contribution in [2.45, 2.75) is 25.5 Å². The highest BCUT2D eigenvalue weighted by Gasteiger charge is 2.14. The average Bonchev–Trinajstić information content (AvgIpc) is 2.35. The first kappa shape index (κ1) is 15.6. The lowest BCUT2D eigenvalue weighted by molar-refractivity contribution is -0.113. The van der Waals surface area contributed by atoms with Crippen molar-refractivity contribution in [3.8, 4) is 0 Å². The lowest BCUT2D eigenvalue weighted by Crippen LogP contribution is -2.19. The summed E-state index contributed by atoms with van der Waals surface area (Å²) in [6, 6.07) is 6.70. The van der Waals surface area contributed by atoms with E-state index in [2.05, 4.69) is 30.8 Å². The van der Waals surface area contributed by atoms with Crippen molar-refractivity contribution in [3.63, 3.8) is 0 Å². The molecule has 0 fully saturated rings. The monoisotopic (exact) mass is 281 g/mol. The zero-order chi connectivity index (χ0) is 14.5. The summed E-state index contributed by atoms with van der Waals surface area (Å²) in [5.74, 6) is -0.117. The molecule has 5 heteroatoms. The molecule has 1 rings (SSSR count). The second-order valence-corrected chi connectivity index (χ2v) is 6.82. The van der Waals surface area contributed by atoms with Crippen LogP contribution in [0.15, 0.2) is 24.3 Å². The summed E-state index contributed by atoms with van der Waals surface area (Å²) in [6.07, 6.45) is 0. The van der Waals surface area contributed by atoms with Gasteiger partial charge in [0.25, 0.3) is 0 Å². The molecule has 0 saturated heterocycles. The summed E-state index contributed by atoms with van der Waals surface area (Å²) in [5, 5.41) is 2.77. The van der Waals surface area contributed by atoms with E-state index in [0.717, 1.165) is 0 Å². The molecule has 0 aliphatic rings. The number of carbonyl (C=O) groups excluding carboxylic acids is 2. The minimum absolute atomic E-state index is 0.0468. The molecule has 104 valence electrons. The van der Waals surface area contributed by atoms with Crippen molar-refractivity contribution in [2.24, 2.45) is 0 Å². The van der Waals surface area contributed by atoms with Gasteiger partial charge in [0.2, 0.25) is 5.91 Å². The van der Waals surface area contributed by atoms with Crippen LogP contribution >= 0.6 is 11.8 Å². The molecule has 1 amide bonds. The first-order valence-corrected chi connectivity index (χ1v) is 6.92. The molecule has 0 bridgehead atoms. The van der Waals surface area contributed by atoms with Crippen LogP contribution in [0.3, 0.4) is 0 Å². The van der Waals surface area contributed by atoms with Gasteiger partial charge in [0.05, 0.1) is 18.4 Å². The molecule has 0 unspecified atom stereocenters. The molecule has 0 aliphatic heterocycles. The molecule has 1 N–H and O–H groups in total. The van der Waals surface area contributed by atoms with Crippen LogP contribution in [0.1, 0.15) is 31.1 Å². The van der Waals surface area contributed by atoms with Crippen LogP contribution in [-0.4, -0.2) is 29.5 Å². The number of esters is 1. The predicted molar refractivity (Wildman–Crippen MR) is 78.6 cm³/mol. The quantitative estimate of drug-likeness (QED) is 0.862. The second kappa shape index (κ2) is 6.61. The Morgan fingerprint density at radius 1 is 1.32 bits per heavy atom. The van der Waals surface area contributed by atoms with E-state index in [1.165, 1.54) is 7.11 Å². The van der Waals surface area contributed by atoms with Gasteiger partial charge in [-0.2, -0.15) is 0 Å². The Labute approximate surface area is 117 Å². The number of hydrogen-bond donors (Lipinski definition) is 1. The maximum Gasteiger partial charge on any atom is 0.337 e. The third kappa shape index (κ3) is 5.79. The van der Waals surface area contributed by atoms with Crippen LogP contribution in [-0.2, 0) is 9.53 Å². The van der Waals surface area contributed by atoms with Crippen molar-refractivity contribution in [1.82, 2.24) is 0 Å². The van der Waals surface area contributed by atoms with Crippen LogP contribution in [0.25, 0.3) is 0 Å². The number of anilines is 1. The second-order valence-electron chi connectivity index (χ2n) is 5.02. The SMILES string of the molecule is COC(=O)c1cccc(NC(=O)CSC(C)(C)C)c1. The molecule has 0 atom stereocenters. The Balaban J connectivity index is 2.62. The highest BCUT2D eigenvalue weighted by atomic mass is 32.2. The van der Waals surface area contributed by atoms with Gasteiger partial charge >= 0.3 is 5.97 Å². The number of amides is 1. The third-order valence-corrected chi connectivity index (χ3v) is 3.48. The summed E-state index contributed by atoms with van der Waals surface area (Å²) in [5.41, 5.74) is 1.02. The number of rotatable bonds is 4. The number of nitrogens with one attached hydrogen (secondary N) is 1. The fraction of sp³-hybridized carbons (Fsp3) is 0.429. The van der Waals surface area contributed by atoms with Gasteiger partial charge < -0.3 is 10.1 Å². The molecule has 0 radical (unpaired) electrons. The van der Waals surface area contributed by atoms with Gasteiger partial charge in [0, 0.05) is 10.4 Å². The lowest BCUT2D eigenvalue weighted by atomic mass is 10.2. The summed E-state index contributed by atoms with van der Waals surface area (Å²) < 4.78 is 4.68. The molecule has 0 aromatic heterocycles. The Morgan fingerprint density at radius 2 is 2.00 bits per heavy atom. The number of carbonyl (C=O) groups is 2. The largest absolute Gasteiger partial charge is 0.465 e. The Morgan fingerprint density at radius 3 is 2.58 bits per heavy atom. The van der Waals surface area contributed by atoms with Crippen LogP contribution in [0, 0.1) is 0 Å². The van der Waals surface area contributed by atoms with Crippen LogP contribution in [0.5, 0.6) is 0 Å². The van der Waals surface area contributed by atoms with E-state index in [1.54, 1.807) is 36.0 Å². The molecule has 0 aliphatic carbocycles. The van der Waals surface area contributed by atoms with Crippen LogP contribution in [0.4, 0.5) is 5.69 Å². The van der Waals surface area contributed by atoms with Gasteiger partial charge in [0.15, 0.2) is 0 Å². The molecule has 1 aromatic carbocycles. The molecule has 0 heterocycles. The van der Waals surface area contributed by atoms with Crippen molar-refractivity contribution in [1.29, 1.82) is 0 Å². The van der Waals surface area contributed by atoms with Gasteiger partial charge in [0.1, 0.15) is 0 Å². The summed E-state index contributed by atoms with van der Waals surface area (Å²) >= 11 is 1.57. The zero-order valence-corrected chi connectivity index (χ0v) is 12.5. The number of thioether (sulfide) groups is 1. The molecule has 4 nitrogen and oxygen atoms in total. The van der Waals surface area contributed by atoms with Gasteiger partial charge in [-0.05, 0) is 18.2 Å². The van der Waals surface area contributed by atoms with Crippen molar-refractivity contribution in [2.75, 3.05) is 18.2 Å². The fourth-order valence-corrected chi connectivity index (χ4v) is 1.96. The first-order valence-electron chi connectivity index (χ1n) is 5.94. The van der Waals surface area contributed by atoms with E-state index >= 15 is 0 Å². The minimum Gasteiger partial charge on any atom is -0.465 e. The normalized spacial score (nSPS) is 10.9. The molecule has 0 spiro atoms. The Bertz CT molecular complexity index is 466. The summed E-state index contributed by atoms with van der Waals surface area (Å²) in [4.78, 5) is 23.1. The van der Waals surface area contributed by atoms with Crippen LogP contribution in [0.2, 0.25) is 0 Å². The number of methoxy groups -OCH3 is 1.